The Bertz CT molecular complexity index is 212. The van der Waals surface area contributed by atoms with E-state index in [0.29, 0.717) is 6.04 Å². The summed E-state index contributed by atoms with van der Waals surface area (Å²) in [7, 11) is 0. The number of piperidine rings is 1. The van der Waals surface area contributed by atoms with Gasteiger partial charge in [-0.05, 0) is 32.2 Å². The van der Waals surface area contributed by atoms with Crippen molar-refractivity contribution in [1.82, 2.24) is 10.2 Å². The number of likely N-dealkylation sites (tertiary alicyclic amines) is 1. The molecular weight excluding hydrogens is 176 g/mol. The summed E-state index contributed by atoms with van der Waals surface area (Å²) in [6.45, 7) is 3.87. The second-order valence-electron chi connectivity index (χ2n) is 4.05. The molecular formula is C10H20N4. The van der Waals surface area contributed by atoms with Crippen LogP contribution in [0.5, 0.6) is 0 Å². The Balaban J connectivity index is 1.98. The van der Waals surface area contributed by atoms with Crippen molar-refractivity contribution in [2.45, 2.75) is 31.7 Å². The first-order valence-electron chi connectivity index (χ1n) is 5.67. The molecule has 0 aliphatic carbocycles. The second-order valence-corrected chi connectivity index (χ2v) is 4.05. The lowest BCUT2D eigenvalue weighted by molar-refractivity contribution is 0.227. The van der Waals surface area contributed by atoms with Crippen molar-refractivity contribution >= 4 is 5.96 Å². The van der Waals surface area contributed by atoms with Gasteiger partial charge in [0.2, 0.25) is 0 Å². The van der Waals surface area contributed by atoms with Crippen molar-refractivity contribution < 1.29 is 0 Å². The van der Waals surface area contributed by atoms with E-state index in [2.05, 4.69) is 15.2 Å². The minimum Gasteiger partial charge on any atom is -0.354 e. The van der Waals surface area contributed by atoms with Crippen LogP contribution in [0.2, 0.25) is 0 Å². The number of nitrogens with zero attached hydrogens (tertiary/aromatic N) is 2. The molecule has 2 aliphatic heterocycles. The van der Waals surface area contributed by atoms with Gasteiger partial charge >= 0.3 is 0 Å². The van der Waals surface area contributed by atoms with E-state index in [1.165, 1.54) is 19.3 Å². The summed E-state index contributed by atoms with van der Waals surface area (Å²) >= 11 is 0. The van der Waals surface area contributed by atoms with Crippen molar-refractivity contribution in [1.29, 1.82) is 0 Å². The molecule has 80 valence electrons. The molecule has 0 aromatic rings. The van der Waals surface area contributed by atoms with Crippen LogP contribution in [0.3, 0.4) is 0 Å². The minimum atomic E-state index is 0.623. The van der Waals surface area contributed by atoms with Crippen LogP contribution in [-0.4, -0.2) is 43.1 Å². The molecule has 1 unspecified atom stereocenters. The molecule has 4 nitrogen and oxygen atoms in total. The fourth-order valence-electron chi connectivity index (χ4n) is 2.35. The zero-order valence-corrected chi connectivity index (χ0v) is 8.71. The molecule has 2 rings (SSSR count). The van der Waals surface area contributed by atoms with Crippen LogP contribution >= 0.6 is 0 Å². The van der Waals surface area contributed by atoms with Crippen LogP contribution in [0.25, 0.3) is 0 Å². The molecule has 0 saturated carbocycles. The topological polar surface area (TPSA) is 53.6 Å². The molecule has 4 heteroatoms. The first-order valence-corrected chi connectivity index (χ1v) is 5.67. The molecule has 0 radical (unpaired) electrons. The Labute approximate surface area is 85.6 Å². The van der Waals surface area contributed by atoms with E-state index in [1.54, 1.807) is 0 Å². The van der Waals surface area contributed by atoms with E-state index in [4.69, 9.17) is 5.73 Å². The Kier molecular flexibility index (Phi) is 3.24. The smallest absolute Gasteiger partial charge is 0.194 e. The lowest BCUT2D eigenvalue weighted by atomic mass is 10.00. The summed E-state index contributed by atoms with van der Waals surface area (Å²) in [5.41, 5.74) is 5.63. The fraction of sp³-hybridized carbons (Fsp3) is 0.900. The zero-order chi connectivity index (χ0) is 9.80. The lowest BCUT2D eigenvalue weighted by Gasteiger charge is -2.36. The maximum absolute atomic E-state index is 5.63. The molecule has 2 aliphatic rings. The van der Waals surface area contributed by atoms with Crippen LogP contribution in [0.4, 0.5) is 0 Å². The van der Waals surface area contributed by atoms with Crippen LogP contribution < -0.4 is 11.1 Å². The molecule has 1 saturated heterocycles. The molecule has 0 aromatic heterocycles. The minimum absolute atomic E-state index is 0.623. The quantitative estimate of drug-likeness (QED) is 0.661. The Morgan fingerprint density at radius 1 is 1.50 bits per heavy atom. The molecule has 0 bridgehead atoms. The highest BCUT2D eigenvalue weighted by molar-refractivity contribution is 5.81. The van der Waals surface area contributed by atoms with Crippen LogP contribution in [0.1, 0.15) is 25.7 Å². The van der Waals surface area contributed by atoms with Crippen LogP contribution in [0, 0.1) is 0 Å². The number of nitrogens with one attached hydrogen (secondary N) is 1. The van der Waals surface area contributed by atoms with Gasteiger partial charge in [0.15, 0.2) is 5.96 Å². The van der Waals surface area contributed by atoms with Gasteiger partial charge in [-0.1, -0.05) is 0 Å². The molecule has 0 aromatic carbocycles. The maximum Gasteiger partial charge on any atom is 0.194 e. The molecule has 1 atom stereocenters. The van der Waals surface area contributed by atoms with Crippen molar-refractivity contribution in [3.05, 3.63) is 0 Å². The molecule has 0 amide bonds. The van der Waals surface area contributed by atoms with E-state index >= 15 is 0 Å². The van der Waals surface area contributed by atoms with E-state index < -0.39 is 0 Å². The molecule has 0 spiro atoms. The molecule has 3 N–H and O–H groups in total. The Hall–Kier alpha value is -0.770. The average Bonchev–Trinajstić information content (AvgIpc) is 2.72. The van der Waals surface area contributed by atoms with Gasteiger partial charge in [0.05, 0.1) is 6.54 Å². The van der Waals surface area contributed by atoms with Crippen molar-refractivity contribution in [3.63, 3.8) is 0 Å². The van der Waals surface area contributed by atoms with Gasteiger partial charge in [-0.15, -0.1) is 0 Å². The van der Waals surface area contributed by atoms with Gasteiger partial charge in [-0.3, -0.25) is 4.99 Å². The summed E-state index contributed by atoms with van der Waals surface area (Å²) < 4.78 is 0. The summed E-state index contributed by atoms with van der Waals surface area (Å²) in [4.78, 5) is 6.90. The summed E-state index contributed by atoms with van der Waals surface area (Å²) in [6.07, 6.45) is 5.01. The Morgan fingerprint density at radius 3 is 3.14 bits per heavy atom. The average molecular weight is 196 g/mol. The molecule has 1 fully saturated rings. The third-order valence-corrected chi connectivity index (χ3v) is 3.06. The highest BCUT2D eigenvalue weighted by Crippen LogP contribution is 2.19. The first-order chi connectivity index (χ1) is 6.92. The van der Waals surface area contributed by atoms with E-state index in [1.807, 2.05) is 0 Å². The number of nitrogens with two attached hydrogens (primary N) is 1. The number of hydrogen-bond donors (Lipinski definition) is 2. The highest BCUT2D eigenvalue weighted by Gasteiger charge is 2.25. The number of guanidine groups is 1. The normalized spacial score (nSPS) is 27.4. The predicted octanol–water partition coefficient (Wildman–Crippen LogP) is 0.149. The van der Waals surface area contributed by atoms with E-state index in [-0.39, 0.29) is 0 Å². The van der Waals surface area contributed by atoms with Crippen LogP contribution in [0.15, 0.2) is 4.99 Å². The zero-order valence-electron chi connectivity index (χ0n) is 8.71. The highest BCUT2D eigenvalue weighted by atomic mass is 15.3. The Morgan fingerprint density at radius 2 is 2.43 bits per heavy atom. The monoisotopic (exact) mass is 196 g/mol. The van der Waals surface area contributed by atoms with Gasteiger partial charge in [0.25, 0.3) is 0 Å². The third kappa shape index (κ3) is 2.00. The van der Waals surface area contributed by atoms with Crippen LogP contribution in [-0.2, 0) is 0 Å². The van der Waals surface area contributed by atoms with Crippen molar-refractivity contribution in [2.24, 2.45) is 10.7 Å². The van der Waals surface area contributed by atoms with E-state index in [9.17, 15) is 0 Å². The number of rotatable bonds is 2. The number of hydrogen-bond acceptors (Lipinski definition) is 4. The summed E-state index contributed by atoms with van der Waals surface area (Å²) in [5.74, 6) is 1.11. The summed E-state index contributed by atoms with van der Waals surface area (Å²) in [5, 5.41) is 3.35. The SMILES string of the molecule is NCCC1CCCCN1C1=NCCN1. The summed E-state index contributed by atoms with van der Waals surface area (Å²) in [6, 6.07) is 0.623. The molecule has 14 heavy (non-hydrogen) atoms. The lowest BCUT2D eigenvalue weighted by Crippen LogP contribution is -2.48. The largest absolute Gasteiger partial charge is 0.354 e. The van der Waals surface area contributed by atoms with Gasteiger partial charge in [0, 0.05) is 19.1 Å². The first kappa shape index (κ1) is 9.77. The van der Waals surface area contributed by atoms with Gasteiger partial charge in [-0.25, -0.2) is 0 Å². The molecule has 2 heterocycles. The van der Waals surface area contributed by atoms with E-state index in [0.717, 1.165) is 38.6 Å². The van der Waals surface area contributed by atoms with Gasteiger partial charge < -0.3 is 16.0 Å². The predicted molar refractivity (Wildman–Crippen MR) is 58.3 cm³/mol. The second kappa shape index (κ2) is 4.64. The van der Waals surface area contributed by atoms with Gasteiger partial charge in [-0.2, -0.15) is 0 Å². The third-order valence-electron chi connectivity index (χ3n) is 3.06. The number of aliphatic imine (C=N–C) groups is 1. The van der Waals surface area contributed by atoms with Crippen molar-refractivity contribution in [2.75, 3.05) is 26.2 Å². The fourth-order valence-corrected chi connectivity index (χ4v) is 2.35. The maximum atomic E-state index is 5.63. The van der Waals surface area contributed by atoms with Crippen molar-refractivity contribution in [3.8, 4) is 0 Å². The standard InChI is InChI=1S/C10H20N4/c11-5-4-9-3-1-2-8-14(9)10-12-6-7-13-10/h9H,1-8,11H2,(H,12,13). The van der Waals surface area contributed by atoms with Gasteiger partial charge in [0.1, 0.15) is 0 Å².